The molecule has 2 aliphatic heterocycles. The van der Waals surface area contributed by atoms with Crippen molar-refractivity contribution in [2.75, 3.05) is 25.2 Å². The van der Waals surface area contributed by atoms with Crippen molar-refractivity contribution in [3.05, 3.63) is 95.6 Å². The van der Waals surface area contributed by atoms with Crippen LogP contribution >= 0.6 is 0 Å². The maximum absolute atomic E-state index is 13.3. The lowest BCUT2D eigenvalue weighted by Crippen LogP contribution is -2.55. The van der Waals surface area contributed by atoms with Gasteiger partial charge in [0.2, 0.25) is 5.91 Å². The minimum Gasteiger partial charge on any atom is -0.497 e. The van der Waals surface area contributed by atoms with E-state index >= 15 is 0 Å². The molecule has 3 aromatic carbocycles. The topological polar surface area (TPSA) is 48.0 Å². The SMILES string of the molecule is COc1ccc(N2C(=O)[C@@H](CCCc3ccccc3)[C@H]2c2ccc(C3OCCO3)cc2)cc1. The van der Waals surface area contributed by atoms with Gasteiger partial charge in [0, 0.05) is 11.3 Å². The van der Waals surface area contributed by atoms with Crippen molar-refractivity contribution in [2.24, 2.45) is 5.92 Å². The highest BCUT2D eigenvalue weighted by molar-refractivity contribution is 6.03. The number of hydrogen-bond acceptors (Lipinski definition) is 4. The van der Waals surface area contributed by atoms with E-state index in [1.807, 2.05) is 35.2 Å². The fourth-order valence-electron chi connectivity index (χ4n) is 4.81. The molecule has 5 rings (SSSR count). The molecule has 3 aromatic rings. The summed E-state index contributed by atoms with van der Waals surface area (Å²) in [7, 11) is 1.65. The first kappa shape index (κ1) is 21.7. The van der Waals surface area contributed by atoms with E-state index in [0.29, 0.717) is 13.2 Å². The van der Waals surface area contributed by atoms with Crippen molar-refractivity contribution in [2.45, 2.75) is 31.6 Å². The summed E-state index contributed by atoms with van der Waals surface area (Å²) in [6.45, 7) is 1.25. The molecule has 2 atom stereocenters. The molecule has 2 aliphatic rings. The van der Waals surface area contributed by atoms with Crippen LogP contribution in [-0.2, 0) is 20.7 Å². The van der Waals surface area contributed by atoms with Crippen molar-refractivity contribution in [3.63, 3.8) is 0 Å². The monoisotopic (exact) mass is 443 g/mol. The molecule has 0 radical (unpaired) electrons. The zero-order chi connectivity index (χ0) is 22.6. The van der Waals surface area contributed by atoms with Crippen LogP contribution in [0.25, 0.3) is 0 Å². The molecule has 5 heteroatoms. The molecule has 0 saturated carbocycles. The molecule has 170 valence electrons. The molecular formula is C28H29NO4. The maximum atomic E-state index is 13.3. The number of carbonyl (C=O) groups excluding carboxylic acids is 1. The molecule has 2 fully saturated rings. The molecule has 0 bridgehead atoms. The maximum Gasteiger partial charge on any atom is 0.233 e. The molecule has 2 saturated heterocycles. The first-order valence-electron chi connectivity index (χ1n) is 11.6. The number of amides is 1. The standard InChI is InChI=1S/C28H29NO4/c1-31-24-16-14-23(15-17-24)29-26(21-10-12-22(13-11-21)28-32-18-19-33-28)25(27(29)30)9-5-8-20-6-3-2-4-7-20/h2-4,6-7,10-17,25-26,28H,5,8-9,18-19H2,1H3/t25-,26+/m0/s1. The fraction of sp³-hybridized carbons (Fsp3) is 0.321. The largest absolute Gasteiger partial charge is 0.497 e. The van der Waals surface area contributed by atoms with Gasteiger partial charge in [-0.2, -0.15) is 0 Å². The Morgan fingerprint density at radius 1 is 0.879 bits per heavy atom. The van der Waals surface area contributed by atoms with E-state index in [1.165, 1.54) is 5.56 Å². The average Bonchev–Trinajstić information content (AvgIpc) is 3.41. The lowest BCUT2D eigenvalue weighted by Gasteiger charge is -2.48. The summed E-state index contributed by atoms with van der Waals surface area (Å²) < 4.78 is 16.5. The second-order valence-corrected chi connectivity index (χ2v) is 8.58. The highest BCUT2D eigenvalue weighted by Gasteiger charge is 2.48. The van der Waals surface area contributed by atoms with Crippen molar-refractivity contribution in [3.8, 4) is 5.75 Å². The molecule has 2 heterocycles. The second kappa shape index (κ2) is 9.77. The normalized spacial score (nSPS) is 20.6. The number of nitrogens with zero attached hydrogens (tertiary/aromatic N) is 1. The lowest BCUT2D eigenvalue weighted by molar-refractivity contribution is -0.130. The van der Waals surface area contributed by atoms with E-state index in [1.54, 1.807) is 7.11 Å². The highest BCUT2D eigenvalue weighted by atomic mass is 16.7. The van der Waals surface area contributed by atoms with Crippen LogP contribution in [0.15, 0.2) is 78.9 Å². The number of carbonyl (C=O) groups is 1. The van der Waals surface area contributed by atoms with Crippen LogP contribution in [0.3, 0.4) is 0 Å². The number of aryl methyl sites for hydroxylation is 1. The summed E-state index contributed by atoms with van der Waals surface area (Å²) in [6, 6.07) is 26.5. The summed E-state index contributed by atoms with van der Waals surface area (Å²) in [5.41, 5.74) is 4.36. The Bertz CT molecular complexity index is 1060. The van der Waals surface area contributed by atoms with Gasteiger partial charge in [0.25, 0.3) is 0 Å². The number of β-lactam (4-membered cyclic amide) rings is 1. The van der Waals surface area contributed by atoms with Crippen LogP contribution in [0.1, 0.15) is 41.9 Å². The Morgan fingerprint density at radius 2 is 1.55 bits per heavy atom. The van der Waals surface area contributed by atoms with Gasteiger partial charge in [0.05, 0.1) is 32.3 Å². The van der Waals surface area contributed by atoms with Gasteiger partial charge in [-0.3, -0.25) is 4.79 Å². The fourth-order valence-corrected chi connectivity index (χ4v) is 4.81. The molecule has 0 aliphatic carbocycles. The van der Waals surface area contributed by atoms with Crippen LogP contribution in [0.5, 0.6) is 5.75 Å². The van der Waals surface area contributed by atoms with Gasteiger partial charge in [-0.15, -0.1) is 0 Å². The molecule has 0 unspecified atom stereocenters. The van der Waals surface area contributed by atoms with Gasteiger partial charge in [-0.05, 0) is 54.7 Å². The third kappa shape index (κ3) is 4.52. The van der Waals surface area contributed by atoms with Gasteiger partial charge in [-0.25, -0.2) is 0 Å². The zero-order valence-corrected chi connectivity index (χ0v) is 18.9. The quantitative estimate of drug-likeness (QED) is 0.433. The zero-order valence-electron chi connectivity index (χ0n) is 18.9. The summed E-state index contributed by atoms with van der Waals surface area (Å²) >= 11 is 0. The van der Waals surface area contributed by atoms with E-state index in [-0.39, 0.29) is 24.2 Å². The van der Waals surface area contributed by atoms with E-state index in [9.17, 15) is 4.79 Å². The van der Waals surface area contributed by atoms with Crippen molar-refractivity contribution >= 4 is 11.6 Å². The Balaban J connectivity index is 1.36. The minimum atomic E-state index is -0.290. The van der Waals surface area contributed by atoms with Gasteiger partial charge in [-0.1, -0.05) is 54.6 Å². The molecule has 33 heavy (non-hydrogen) atoms. The van der Waals surface area contributed by atoms with E-state index in [2.05, 4.69) is 48.5 Å². The van der Waals surface area contributed by atoms with E-state index in [0.717, 1.165) is 41.8 Å². The number of methoxy groups -OCH3 is 1. The van der Waals surface area contributed by atoms with Gasteiger partial charge in [0.15, 0.2) is 6.29 Å². The van der Waals surface area contributed by atoms with E-state index in [4.69, 9.17) is 14.2 Å². The van der Waals surface area contributed by atoms with E-state index < -0.39 is 0 Å². The number of ether oxygens (including phenoxy) is 3. The van der Waals surface area contributed by atoms with Gasteiger partial charge >= 0.3 is 0 Å². The van der Waals surface area contributed by atoms with Crippen LogP contribution in [-0.4, -0.2) is 26.2 Å². The number of anilines is 1. The molecule has 1 amide bonds. The summed E-state index contributed by atoms with van der Waals surface area (Å²) in [5.74, 6) is 0.939. The Kier molecular flexibility index (Phi) is 6.42. The summed E-state index contributed by atoms with van der Waals surface area (Å²) in [4.78, 5) is 15.2. The highest BCUT2D eigenvalue weighted by Crippen LogP contribution is 2.46. The first-order chi connectivity index (χ1) is 16.2. The van der Waals surface area contributed by atoms with Crippen molar-refractivity contribution in [1.82, 2.24) is 0 Å². The Hall–Kier alpha value is -3.15. The molecule has 5 nitrogen and oxygen atoms in total. The number of benzene rings is 3. The smallest absolute Gasteiger partial charge is 0.233 e. The van der Waals surface area contributed by atoms with Gasteiger partial charge in [0.1, 0.15) is 5.75 Å². The lowest BCUT2D eigenvalue weighted by atomic mass is 9.78. The molecule has 0 spiro atoms. The van der Waals surface area contributed by atoms with Crippen LogP contribution in [0.2, 0.25) is 0 Å². The van der Waals surface area contributed by atoms with Gasteiger partial charge < -0.3 is 19.1 Å². The summed E-state index contributed by atoms with van der Waals surface area (Å²) in [5, 5.41) is 0. The number of hydrogen-bond donors (Lipinski definition) is 0. The van der Waals surface area contributed by atoms with Crippen LogP contribution in [0.4, 0.5) is 5.69 Å². The third-order valence-electron chi connectivity index (χ3n) is 6.56. The number of rotatable bonds is 8. The molecule has 0 N–H and O–H groups in total. The minimum absolute atomic E-state index is 0.0149. The van der Waals surface area contributed by atoms with Crippen molar-refractivity contribution < 1.29 is 19.0 Å². The Morgan fingerprint density at radius 3 is 2.21 bits per heavy atom. The van der Waals surface area contributed by atoms with Crippen LogP contribution < -0.4 is 9.64 Å². The molecule has 0 aromatic heterocycles. The second-order valence-electron chi connectivity index (χ2n) is 8.58. The average molecular weight is 444 g/mol. The summed E-state index contributed by atoms with van der Waals surface area (Å²) in [6.07, 6.45) is 2.54. The third-order valence-corrected chi connectivity index (χ3v) is 6.56. The Labute approximate surface area is 194 Å². The molecular weight excluding hydrogens is 414 g/mol. The first-order valence-corrected chi connectivity index (χ1v) is 11.6. The van der Waals surface area contributed by atoms with Crippen molar-refractivity contribution in [1.29, 1.82) is 0 Å². The van der Waals surface area contributed by atoms with Crippen LogP contribution in [0, 0.1) is 5.92 Å². The predicted molar refractivity (Wildman–Crippen MR) is 127 cm³/mol. The predicted octanol–water partition coefficient (Wildman–Crippen LogP) is 5.47.